The van der Waals surface area contributed by atoms with Crippen LogP contribution in [0.15, 0.2) is 16.6 Å². The van der Waals surface area contributed by atoms with E-state index in [1.807, 2.05) is 0 Å². The van der Waals surface area contributed by atoms with Crippen LogP contribution in [0, 0.1) is 0 Å². The van der Waals surface area contributed by atoms with E-state index in [1.165, 1.54) is 11.1 Å². The van der Waals surface area contributed by atoms with E-state index < -0.39 is 0 Å². The Bertz CT molecular complexity index is 368. The van der Waals surface area contributed by atoms with Gasteiger partial charge in [0, 0.05) is 28.3 Å². The molecule has 1 aromatic carbocycles. The van der Waals surface area contributed by atoms with Crippen LogP contribution >= 0.6 is 31.9 Å². The fraction of sp³-hybridized carbons (Fsp3) is 0.500. The molecule has 0 saturated heterocycles. The summed E-state index contributed by atoms with van der Waals surface area (Å²) in [7, 11) is 0. The maximum atomic E-state index is 5.67. The number of ether oxygens (including phenoxy) is 1. The standard InChI is InChI=1S/C12H15Br2NO/c13-3-1-4-15-8-10-7-11(14)6-9-2-5-16-12(9)10/h6-7,15H,1-5,8H2. The van der Waals surface area contributed by atoms with Crippen LogP contribution < -0.4 is 10.1 Å². The predicted octanol–water partition coefficient (Wildman–Crippen LogP) is 3.26. The second-order valence-electron chi connectivity index (χ2n) is 3.87. The molecule has 0 atom stereocenters. The molecule has 0 amide bonds. The van der Waals surface area contributed by atoms with Gasteiger partial charge >= 0.3 is 0 Å². The fourth-order valence-electron chi connectivity index (χ4n) is 1.89. The highest BCUT2D eigenvalue weighted by molar-refractivity contribution is 9.10. The van der Waals surface area contributed by atoms with E-state index in [-0.39, 0.29) is 0 Å². The van der Waals surface area contributed by atoms with Gasteiger partial charge in [0.25, 0.3) is 0 Å². The molecule has 1 aromatic rings. The van der Waals surface area contributed by atoms with E-state index in [0.717, 1.165) is 48.1 Å². The molecule has 1 N–H and O–H groups in total. The van der Waals surface area contributed by atoms with Crippen molar-refractivity contribution in [1.29, 1.82) is 0 Å². The molecule has 2 nitrogen and oxygen atoms in total. The number of hydrogen-bond donors (Lipinski definition) is 1. The highest BCUT2D eigenvalue weighted by Crippen LogP contribution is 2.32. The average Bonchev–Trinajstić information content (AvgIpc) is 2.72. The molecule has 2 rings (SSSR count). The molecule has 0 aliphatic carbocycles. The van der Waals surface area contributed by atoms with Crippen molar-refractivity contribution in [3.8, 4) is 5.75 Å². The van der Waals surface area contributed by atoms with Crippen molar-refractivity contribution in [3.05, 3.63) is 27.7 Å². The van der Waals surface area contributed by atoms with Crippen LogP contribution in [0.2, 0.25) is 0 Å². The van der Waals surface area contributed by atoms with Crippen LogP contribution in [0.3, 0.4) is 0 Å². The molecular weight excluding hydrogens is 334 g/mol. The summed E-state index contributed by atoms with van der Waals surface area (Å²) < 4.78 is 6.82. The van der Waals surface area contributed by atoms with Crippen molar-refractivity contribution in [2.45, 2.75) is 19.4 Å². The molecule has 0 bridgehead atoms. The normalized spacial score (nSPS) is 13.6. The number of alkyl halides is 1. The van der Waals surface area contributed by atoms with Gasteiger partial charge in [-0.1, -0.05) is 31.9 Å². The molecule has 0 radical (unpaired) electrons. The second-order valence-corrected chi connectivity index (χ2v) is 5.58. The topological polar surface area (TPSA) is 21.3 Å². The van der Waals surface area contributed by atoms with Gasteiger partial charge in [-0.15, -0.1) is 0 Å². The molecule has 1 aliphatic rings. The molecular formula is C12H15Br2NO. The third-order valence-corrected chi connectivity index (χ3v) is 3.65. The van der Waals surface area contributed by atoms with Crippen molar-refractivity contribution >= 4 is 31.9 Å². The van der Waals surface area contributed by atoms with E-state index in [2.05, 4.69) is 49.3 Å². The number of fused-ring (bicyclic) bond motifs is 1. The van der Waals surface area contributed by atoms with E-state index >= 15 is 0 Å². The zero-order valence-electron chi connectivity index (χ0n) is 9.06. The zero-order valence-corrected chi connectivity index (χ0v) is 12.2. The van der Waals surface area contributed by atoms with Crippen LogP contribution in [0.4, 0.5) is 0 Å². The van der Waals surface area contributed by atoms with Crippen molar-refractivity contribution in [1.82, 2.24) is 5.32 Å². The summed E-state index contributed by atoms with van der Waals surface area (Å²) in [6, 6.07) is 4.30. The predicted molar refractivity (Wildman–Crippen MR) is 73.5 cm³/mol. The van der Waals surface area contributed by atoms with Crippen LogP contribution in [0.5, 0.6) is 5.75 Å². The summed E-state index contributed by atoms with van der Waals surface area (Å²) in [6.45, 7) is 2.74. The Morgan fingerprint density at radius 1 is 1.38 bits per heavy atom. The highest BCUT2D eigenvalue weighted by atomic mass is 79.9. The largest absolute Gasteiger partial charge is 0.493 e. The summed E-state index contributed by atoms with van der Waals surface area (Å²) in [5, 5.41) is 4.48. The Labute approximate surface area is 113 Å². The Balaban J connectivity index is 2.03. The molecule has 0 fully saturated rings. The maximum Gasteiger partial charge on any atom is 0.127 e. The minimum atomic E-state index is 0.820. The third kappa shape index (κ3) is 2.99. The monoisotopic (exact) mass is 347 g/mol. The summed E-state index contributed by atoms with van der Waals surface area (Å²) >= 11 is 6.97. The number of benzene rings is 1. The van der Waals surface area contributed by atoms with Crippen molar-refractivity contribution in [3.63, 3.8) is 0 Å². The van der Waals surface area contributed by atoms with Gasteiger partial charge in [-0.3, -0.25) is 0 Å². The Hall–Kier alpha value is -0.0600. The van der Waals surface area contributed by atoms with Gasteiger partial charge in [-0.2, -0.15) is 0 Å². The molecule has 4 heteroatoms. The number of rotatable bonds is 5. The van der Waals surface area contributed by atoms with Crippen molar-refractivity contribution in [2.75, 3.05) is 18.5 Å². The van der Waals surface area contributed by atoms with Crippen LogP contribution in [0.1, 0.15) is 17.5 Å². The minimum Gasteiger partial charge on any atom is -0.493 e. The highest BCUT2D eigenvalue weighted by Gasteiger charge is 2.16. The molecule has 88 valence electrons. The van der Waals surface area contributed by atoms with Gasteiger partial charge in [0.15, 0.2) is 0 Å². The molecule has 0 spiro atoms. The molecule has 1 aliphatic heterocycles. The molecule has 0 unspecified atom stereocenters. The second kappa shape index (κ2) is 6.03. The average molecular weight is 349 g/mol. The summed E-state index contributed by atoms with van der Waals surface area (Å²) in [5.74, 6) is 1.09. The zero-order chi connectivity index (χ0) is 11.4. The van der Waals surface area contributed by atoms with Crippen LogP contribution in [0.25, 0.3) is 0 Å². The van der Waals surface area contributed by atoms with Crippen molar-refractivity contribution < 1.29 is 4.74 Å². The Morgan fingerprint density at radius 2 is 2.25 bits per heavy atom. The Morgan fingerprint density at radius 3 is 3.06 bits per heavy atom. The molecule has 0 aromatic heterocycles. The maximum absolute atomic E-state index is 5.67. The van der Waals surface area contributed by atoms with Gasteiger partial charge < -0.3 is 10.1 Å². The number of hydrogen-bond acceptors (Lipinski definition) is 2. The minimum absolute atomic E-state index is 0.820. The van der Waals surface area contributed by atoms with E-state index in [1.54, 1.807) is 0 Å². The van der Waals surface area contributed by atoms with Gasteiger partial charge in [0.2, 0.25) is 0 Å². The first-order valence-electron chi connectivity index (χ1n) is 5.52. The van der Waals surface area contributed by atoms with Crippen LogP contribution in [-0.2, 0) is 13.0 Å². The lowest BCUT2D eigenvalue weighted by Gasteiger charge is -2.09. The summed E-state index contributed by atoms with van der Waals surface area (Å²) in [6.07, 6.45) is 2.18. The first kappa shape index (κ1) is 12.4. The first-order valence-corrected chi connectivity index (χ1v) is 7.43. The third-order valence-electron chi connectivity index (χ3n) is 2.63. The van der Waals surface area contributed by atoms with Crippen LogP contribution in [-0.4, -0.2) is 18.5 Å². The lowest BCUT2D eigenvalue weighted by atomic mass is 10.1. The quantitative estimate of drug-likeness (QED) is 0.651. The lowest BCUT2D eigenvalue weighted by Crippen LogP contribution is -2.15. The van der Waals surface area contributed by atoms with E-state index in [9.17, 15) is 0 Å². The molecule has 1 heterocycles. The van der Waals surface area contributed by atoms with Gasteiger partial charge in [0.05, 0.1) is 6.61 Å². The van der Waals surface area contributed by atoms with Gasteiger partial charge in [0.1, 0.15) is 5.75 Å². The van der Waals surface area contributed by atoms with Gasteiger partial charge in [-0.05, 0) is 30.7 Å². The SMILES string of the molecule is BrCCCNCc1cc(Br)cc2c1OCC2. The van der Waals surface area contributed by atoms with E-state index in [0.29, 0.717) is 0 Å². The fourth-order valence-corrected chi connectivity index (χ4v) is 2.73. The smallest absolute Gasteiger partial charge is 0.127 e. The van der Waals surface area contributed by atoms with Crippen molar-refractivity contribution in [2.24, 2.45) is 0 Å². The lowest BCUT2D eigenvalue weighted by molar-refractivity contribution is 0.352. The van der Waals surface area contributed by atoms with Gasteiger partial charge in [-0.25, -0.2) is 0 Å². The summed E-state index contributed by atoms with van der Waals surface area (Å²) in [5.41, 5.74) is 2.59. The first-order chi connectivity index (χ1) is 7.81. The molecule has 16 heavy (non-hydrogen) atoms. The number of halogens is 2. The molecule has 0 saturated carbocycles. The number of nitrogens with one attached hydrogen (secondary N) is 1. The van der Waals surface area contributed by atoms with E-state index in [4.69, 9.17) is 4.74 Å². The Kier molecular flexibility index (Phi) is 4.67. The summed E-state index contributed by atoms with van der Waals surface area (Å²) in [4.78, 5) is 0.